The molecule has 1 aliphatic heterocycles. The zero-order valence-corrected chi connectivity index (χ0v) is 16.4. The van der Waals surface area contributed by atoms with Crippen LogP contribution in [-0.4, -0.2) is 55.5 Å². The minimum absolute atomic E-state index is 0.00835. The zero-order valence-electron chi connectivity index (χ0n) is 16.4. The topological polar surface area (TPSA) is 61.9 Å². The molecule has 6 heteroatoms. The van der Waals surface area contributed by atoms with Crippen molar-refractivity contribution in [1.29, 1.82) is 0 Å². The first-order valence-corrected chi connectivity index (χ1v) is 9.65. The van der Waals surface area contributed by atoms with Gasteiger partial charge in [0.15, 0.2) is 0 Å². The van der Waals surface area contributed by atoms with Crippen LogP contribution in [0.1, 0.15) is 24.2 Å². The van der Waals surface area contributed by atoms with Crippen molar-refractivity contribution in [2.45, 2.75) is 20.0 Å². The van der Waals surface area contributed by atoms with Crippen molar-refractivity contribution in [2.75, 3.05) is 37.6 Å². The molecule has 3 rings (SSSR count). The molecule has 1 N–H and O–H groups in total. The van der Waals surface area contributed by atoms with Crippen LogP contribution in [0.15, 0.2) is 54.6 Å². The molecule has 0 aromatic heterocycles. The number of carbonyl (C=O) groups is 2. The van der Waals surface area contributed by atoms with Gasteiger partial charge in [-0.15, -0.1) is 0 Å². The molecule has 0 radical (unpaired) electrons. The second-order valence-corrected chi connectivity index (χ2v) is 7.08. The maximum atomic E-state index is 12.4. The van der Waals surface area contributed by atoms with Crippen molar-refractivity contribution in [2.24, 2.45) is 0 Å². The van der Waals surface area contributed by atoms with E-state index in [-0.39, 0.29) is 24.5 Å². The van der Waals surface area contributed by atoms with Gasteiger partial charge in [-0.1, -0.05) is 18.2 Å². The molecule has 0 unspecified atom stereocenters. The highest BCUT2D eigenvalue weighted by atomic mass is 16.5. The fourth-order valence-corrected chi connectivity index (χ4v) is 3.18. The minimum Gasteiger partial charge on any atom is -0.491 e. The van der Waals surface area contributed by atoms with Crippen LogP contribution >= 0.6 is 0 Å². The van der Waals surface area contributed by atoms with Crippen molar-refractivity contribution in [3.63, 3.8) is 0 Å². The Morgan fingerprint density at radius 2 is 1.61 bits per heavy atom. The number of nitrogens with zero attached hydrogens (tertiary/aromatic N) is 2. The molecule has 2 aromatic rings. The summed E-state index contributed by atoms with van der Waals surface area (Å²) in [7, 11) is 0. The quantitative estimate of drug-likeness (QED) is 0.835. The highest BCUT2D eigenvalue weighted by Crippen LogP contribution is 2.16. The Morgan fingerprint density at radius 1 is 0.964 bits per heavy atom. The Balaban J connectivity index is 1.44. The van der Waals surface area contributed by atoms with Crippen LogP contribution < -0.4 is 15.0 Å². The lowest BCUT2D eigenvalue weighted by Gasteiger charge is -2.36. The zero-order chi connectivity index (χ0) is 19.9. The molecular formula is C22H27N3O3. The molecule has 1 heterocycles. The van der Waals surface area contributed by atoms with Gasteiger partial charge in [0.25, 0.3) is 5.91 Å². The summed E-state index contributed by atoms with van der Waals surface area (Å²) >= 11 is 0. The summed E-state index contributed by atoms with van der Waals surface area (Å²) in [6.07, 6.45) is 0.0830. The number of rotatable bonds is 6. The fraction of sp³-hybridized carbons (Fsp3) is 0.364. The van der Waals surface area contributed by atoms with Gasteiger partial charge in [0, 0.05) is 37.4 Å². The number of piperazine rings is 1. The molecule has 0 bridgehead atoms. The van der Waals surface area contributed by atoms with Crippen molar-refractivity contribution in [1.82, 2.24) is 10.2 Å². The number of benzene rings is 2. The molecular weight excluding hydrogens is 354 g/mol. The van der Waals surface area contributed by atoms with Crippen molar-refractivity contribution >= 4 is 17.5 Å². The molecule has 148 valence electrons. The van der Waals surface area contributed by atoms with Gasteiger partial charge in [-0.25, -0.2) is 0 Å². The monoisotopic (exact) mass is 381 g/mol. The number of anilines is 1. The van der Waals surface area contributed by atoms with Crippen LogP contribution in [0.25, 0.3) is 0 Å². The number of ether oxygens (including phenoxy) is 1. The predicted octanol–water partition coefficient (Wildman–Crippen LogP) is 2.55. The summed E-state index contributed by atoms with van der Waals surface area (Å²) < 4.78 is 5.57. The van der Waals surface area contributed by atoms with Crippen LogP contribution in [0.4, 0.5) is 5.69 Å². The number of amides is 2. The summed E-state index contributed by atoms with van der Waals surface area (Å²) in [5, 5.41) is 2.71. The molecule has 0 atom stereocenters. The first-order valence-electron chi connectivity index (χ1n) is 9.65. The summed E-state index contributed by atoms with van der Waals surface area (Å²) in [6.45, 7) is 6.81. The van der Waals surface area contributed by atoms with E-state index in [1.54, 1.807) is 29.2 Å². The van der Waals surface area contributed by atoms with Crippen molar-refractivity contribution < 1.29 is 14.3 Å². The summed E-state index contributed by atoms with van der Waals surface area (Å²) in [5.74, 6) is 0.409. The summed E-state index contributed by atoms with van der Waals surface area (Å²) in [5.41, 5.74) is 1.69. The molecule has 0 saturated carbocycles. The summed E-state index contributed by atoms with van der Waals surface area (Å²) in [4.78, 5) is 28.8. The Morgan fingerprint density at radius 3 is 2.21 bits per heavy atom. The van der Waals surface area contributed by atoms with Gasteiger partial charge in [0.1, 0.15) is 5.75 Å². The van der Waals surface area contributed by atoms with Gasteiger partial charge in [-0.05, 0) is 50.2 Å². The van der Waals surface area contributed by atoms with E-state index in [2.05, 4.69) is 22.3 Å². The van der Waals surface area contributed by atoms with E-state index in [0.29, 0.717) is 18.7 Å². The van der Waals surface area contributed by atoms with Crippen LogP contribution in [0, 0.1) is 0 Å². The second-order valence-electron chi connectivity index (χ2n) is 7.08. The minimum atomic E-state index is -0.257. The highest BCUT2D eigenvalue weighted by molar-refractivity contribution is 5.96. The van der Waals surface area contributed by atoms with Gasteiger partial charge in [0.05, 0.1) is 12.6 Å². The fourth-order valence-electron chi connectivity index (χ4n) is 3.18. The molecule has 1 fully saturated rings. The van der Waals surface area contributed by atoms with E-state index < -0.39 is 0 Å². The lowest BCUT2D eigenvalue weighted by atomic mass is 10.2. The Bertz CT molecular complexity index is 782. The predicted molar refractivity (Wildman–Crippen MR) is 110 cm³/mol. The number of para-hydroxylation sites is 1. The lowest BCUT2D eigenvalue weighted by molar-refractivity contribution is -0.130. The van der Waals surface area contributed by atoms with E-state index in [1.165, 1.54) is 5.69 Å². The Labute approximate surface area is 166 Å². The van der Waals surface area contributed by atoms with Crippen molar-refractivity contribution in [3.05, 3.63) is 60.2 Å². The van der Waals surface area contributed by atoms with Crippen LogP contribution in [-0.2, 0) is 4.79 Å². The number of hydrogen-bond donors (Lipinski definition) is 1. The smallest absolute Gasteiger partial charge is 0.251 e. The van der Waals surface area contributed by atoms with E-state index in [0.717, 1.165) is 18.8 Å². The normalized spacial score (nSPS) is 14.1. The van der Waals surface area contributed by atoms with Crippen LogP contribution in [0.3, 0.4) is 0 Å². The maximum Gasteiger partial charge on any atom is 0.251 e. The van der Waals surface area contributed by atoms with Gasteiger partial charge in [-0.3, -0.25) is 9.59 Å². The first kappa shape index (κ1) is 19.7. The van der Waals surface area contributed by atoms with Gasteiger partial charge in [0.2, 0.25) is 5.91 Å². The largest absolute Gasteiger partial charge is 0.491 e. The molecule has 1 saturated heterocycles. The van der Waals surface area contributed by atoms with E-state index in [1.807, 2.05) is 32.0 Å². The Kier molecular flexibility index (Phi) is 6.53. The molecule has 2 amide bonds. The molecule has 1 aliphatic rings. The first-order chi connectivity index (χ1) is 13.5. The van der Waals surface area contributed by atoms with Crippen LogP contribution in [0.2, 0.25) is 0 Å². The lowest BCUT2D eigenvalue weighted by Crippen LogP contribution is -2.51. The Hall–Kier alpha value is -3.02. The maximum absolute atomic E-state index is 12.4. The third-order valence-corrected chi connectivity index (χ3v) is 4.64. The molecule has 6 nitrogen and oxygen atoms in total. The highest BCUT2D eigenvalue weighted by Gasteiger charge is 2.21. The van der Waals surface area contributed by atoms with Crippen molar-refractivity contribution in [3.8, 4) is 5.75 Å². The van der Waals surface area contributed by atoms with E-state index >= 15 is 0 Å². The van der Waals surface area contributed by atoms with E-state index in [9.17, 15) is 9.59 Å². The standard InChI is InChI=1S/C22H27N3O3/c1-17(2)28-20-10-8-18(9-11-20)22(27)23-16-21(26)25-14-12-24(13-15-25)19-6-4-3-5-7-19/h3-11,17H,12-16H2,1-2H3,(H,23,27). The van der Waals surface area contributed by atoms with Gasteiger partial charge >= 0.3 is 0 Å². The third kappa shape index (κ3) is 5.25. The summed E-state index contributed by atoms with van der Waals surface area (Å²) in [6, 6.07) is 17.1. The average molecular weight is 381 g/mol. The number of nitrogens with one attached hydrogen (secondary N) is 1. The van der Waals surface area contributed by atoms with Gasteiger partial charge < -0.3 is 19.9 Å². The molecule has 0 spiro atoms. The number of hydrogen-bond acceptors (Lipinski definition) is 4. The third-order valence-electron chi connectivity index (χ3n) is 4.64. The van der Waals surface area contributed by atoms with E-state index in [4.69, 9.17) is 4.74 Å². The SMILES string of the molecule is CC(C)Oc1ccc(C(=O)NCC(=O)N2CCN(c3ccccc3)CC2)cc1. The van der Waals surface area contributed by atoms with Crippen LogP contribution in [0.5, 0.6) is 5.75 Å². The second kappa shape index (κ2) is 9.26. The molecule has 2 aromatic carbocycles. The molecule has 28 heavy (non-hydrogen) atoms. The number of carbonyl (C=O) groups excluding carboxylic acids is 2. The average Bonchev–Trinajstić information content (AvgIpc) is 2.72. The molecule has 0 aliphatic carbocycles. The van der Waals surface area contributed by atoms with Gasteiger partial charge in [-0.2, -0.15) is 0 Å².